The molecule has 1 heterocycles. The van der Waals surface area contributed by atoms with Crippen molar-refractivity contribution in [2.24, 2.45) is 0 Å². The Hall–Kier alpha value is -4.07. The van der Waals surface area contributed by atoms with Crippen LogP contribution in [0.15, 0.2) is 72.8 Å². The van der Waals surface area contributed by atoms with Crippen LogP contribution in [0.1, 0.15) is 12.5 Å². The van der Waals surface area contributed by atoms with Gasteiger partial charge in [-0.1, -0.05) is 29.4 Å². The zero-order valence-corrected chi connectivity index (χ0v) is 17.4. The summed E-state index contributed by atoms with van der Waals surface area (Å²) < 4.78 is 18.5. The first-order valence-electron chi connectivity index (χ1n) is 9.92. The van der Waals surface area contributed by atoms with Crippen LogP contribution in [0.25, 0.3) is 5.69 Å². The number of benzene rings is 3. The Morgan fingerprint density at radius 3 is 2.48 bits per heavy atom. The van der Waals surface area contributed by atoms with Gasteiger partial charge < -0.3 is 19.5 Å². The average molecular weight is 417 g/mol. The van der Waals surface area contributed by atoms with Gasteiger partial charge in [-0.2, -0.15) is 4.68 Å². The summed E-state index contributed by atoms with van der Waals surface area (Å²) >= 11 is 0. The molecule has 0 unspecified atom stereocenters. The first-order valence-corrected chi connectivity index (χ1v) is 9.92. The van der Waals surface area contributed by atoms with Gasteiger partial charge in [-0.3, -0.25) is 0 Å². The molecule has 0 spiro atoms. The monoisotopic (exact) mass is 417 g/mol. The Kier molecular flexibility index (Phi) is 6.27. The molecule has 8 nitrogen and oxygen atoms in total. The second kappa shape index (κ2) is 9.62. The van der Waals surface area contributed by atoms with E-state index in [2.05, 4.69) is 20.8 Å². The lowest BCUT2D eigenvalue weighted by atomic mass is 10.2. The zero-order valence-electron chi connectivity index (χ0n) is 17.4. The maximum Gasteiger partial charge on any atom is 0.346 e. The lowest BCUT2D eigenvalue weighted by Gasteiger charge is -2.13. The third-order valence-corrected chi connectivity index (χ3v) is 4.54. The number of nitrogens with one attached hydrogen (secondary N) is 1. The molecule has 1 N–H and O–H groups in total. The fourth-order valence-electron chi connectivity index (χ4n) is 3.00. The third kappa shape index (κ3) is 4.92. The standard InChI is InChI=1S/C23H23N5O3/c1-3-30-22-15-17(16-24-18-10-12-20(29-2)13-11-18)9-14-21(22)31-23-25-26-27-28(23)19-7-5-4-6-8-19/h4-15,24H,3,16H2,1-2H3. The summed E-state index contributed by atoms with van der Waals surface area (Å²) in [7, 11) is 1.65. The molecule has 4 aromatic rings. The number of nitrogens with zero attached hydrogens (tertiary/aromatic N) is 4. The number of anilines is 1. The maximum atomic E-state index is 6.00. The summed E-state index contributed by atoms with van der Waals surface area (Å²) in [5.74, 6) is 1.99. The average Bonchev–Trinajstić information content (AvgIpc) is 3.28. The zero-order chi connectivity index (χ0) is 21.5. The molecule has 4 rings (SSSR count). The number of methoxy groups -OCH3 is 1. The number of hydrogen-bond donors (Lipinski definition) is 1. The summed E-state index contributed by atoms with van der Waals surface area (Å²) in [6.07, 6.45) is 0. The van der Waals surface area contributed by atoms with Gasteiger partial charge in [0.1, 0.15) is 5.75 Å². The largest absolute Gasteiger partial charge is 0.497 e. The Morgan fingerprint density at radius 2 is 1.74 bits per heavy atom. The number of aromatic nitrogens is 4. The smallest absolute Gasteiger partial charge is 0.346 e. The minimum atomic E-state index is 0.260. The summed E-state index contributed by atoms with van der Waals surface area (Å²) in [5, 5.41) is 15.2. The SMILES string of the molecule is CCOc1cc(CNc2ccc(OC)cc2)ccc1Oc1nnnn1-c1ccccc1. The van der Waals surface area contributed by atoms with Crippen LogP contribution >= 0.6 is 0 Å². The number of ether oxygens (including phenoxy) is 3. The fraction of sp³-hybridized carbons (Fsp3) is 0.174. The number of hydrogen-bond acceptors (Lipinski definition) is 7. The van der Waals surface area contributed by atoms with Crippen LogP contribution in [-0.2, 0) is 6.54 Å². The van der Waals surface area contributed by atoms with E-state index in [1.54, 1.807) is 7.11 Å². The lowest BCUT2D eigenvalue weighted by molar-refractivity contribution is 0.315. The molecule has 0 bridgehead atoms. The Balaban J connectivity index is 1.51. The van der Waals surface area contributed by atoms with Crippen molar-refractivity contribution in [2.75, 3.05) is 19.0 Å². The van der Waals surface area contributed by atoms with Gasteiger partial charge in [-0.15, -0.1) is 0 Å². The van der Waals surface area contributed by atoms with E-state index >= 15 is 0 Å². The van der Waals surface area contributed by atoms with Crippen LogP contribution in [0.4, 0.5) is 5.69 Å². The van der Waals surface area contributed by atoms with E-state index in [9.17, 15) is 0 Å². The Bertz CT molecular complexity index is 1110. The molecule has 158 valence electrons. The van der Waals surface area contributed by atoms with Crippen molar-refractivity contribution in [3.63, 3.8) is 0 Å². The molecule has 0 amide bonds. The first kappa shape index (κ1) is 20.2. The van der Waals surface area contributed by atoms with Gasteiger partial charge in [0.25, 0.3) is 0 Å². The highest BCUT2D eigenvalue weighted by molar-refractivity contribution is 5.49. The number of rotatable bonds is 9. The van der Waals surface area contributed by atoms with Gasteiger partial charge in [-0.25, -0.2) is 0 Å². The van der Waals surface area contributed by atoms with Gasteiger partial charge in [0.15, 0.2) is 11.5 Å². The van der Waals surface area contributed by atoms with E-state index in [4.69, 9.17) is 14.2 Å². The second-order valence-corrected chi connectivity index (χ2v) is 6.61. The second-order valence-electron chi connectivity index (χ2n) is 6.61. The van der Waals surface area contributed by atoms with Crippen LogP contribution in [0, 0.1) is 0 Å². The van der Waals surface area contributed by atoms with Gasteiger partial charge in [-0.05, 0) is 71.4 Å². The molecular formula is C23H23N5O3. The fourth-order valence-corrected chi connectivity index (χ4v) is 3.00. The highest BCUT2D eigenvalue weighted by Crippen LogP contribution is 2.32. The van der Waals surface area contributed by atoms with Gasteiger partial charge >= 0.3 is 6.01 Å². The van der Waals surface area contributed by atoms with Crippen molar-refractivity contribution in [1.29, 1.82) is 0 Å². The molecule has 0 aliphatic rings. The quantitative estimate of drug-likeness (QED) is 0.430. The van der Waals surface area contributed by atoms with E-state index in [-0.39, 0.29) is 6.01 Å². The van der Waals surface area contributed by atoms with Crippen LogP contribution in [-0.4, -0.2) is 33.9 Å². The molecule has 31 heavy (non-hydrogen) atoms. The normalized spacial score (nSPS) is 10.5. The van der Waals surface area contributed by atoms with Crippen LogP contribution in [0.2, 0.25) is 0 Å². The molecule has 0 aliphatic carbocycles. The molecule has 0 fully saturated rings. The summed E-state index contributed by atoms with van der Waals surface area (Å²) in [5.41, 5.74) is 2.86. The van der Waals surface area contributed by atoms with Crippen molar-refractivity contribution in [2.45, 2.75) is 13.5 Å². The van der Waals surface area contributed by atoms with E-state index in [0.29, 0.717) is 24.7 Å². The van der Waals surface area contributed by atoms with Crippen LogP contribution < -0.4 is 19.5 Å². The molecule has 1 aromatic heterocycles. The van der Waals surface area contributed by atoms with Gasteiger partial charge in [0.2, 0.25) is 0 Å². The molecular weight excluding hydrogens is 394 g/mol. The molecule has 0 aliphatic heterocycles. The molecule has 0 saturated heterocycles. The highest BCUT2D eigenvalue weighted by atomic mass is 16.5. The third-order valence-electron chi connectivity index (χ3n) is 4.54. The van der Waals surface area contributed by atoms with Crippen molar-refractivity contribution >= 4 is 5.69 Å². The maximum absolute atomic E-state index is 6.00. The van der Waals surface area contributed by atoms with Gasteiger partial charge in [0.05, 0.1) is 19.4 Å². The molecule has 0 atom stereocenters. The summed E-state index contributed by atoms with van der Waals surface area (Å²) in [4.78, 5) is 0. The van der Waals surface area contributed by atoms with E-state index < -0.39 is 0 Å². The first-order chi connectivity index (χ1) is 15.3. The van der Waals surface area contributed by atoms with Crippen molar-refractivity contribution in [3.8, 4) is 28.9 Å². The summed E-state index contributed by atoms with van der Waals surface area (Å²) in [6.45, 7) is 3.07. The minimum Gasteiger partial charge on any atom is -0.497 e. The minimum absolute atomic E-state index is 0.260. The van der Waals surface area contributed by atoms with Crippen molar-refractivity contribution < 1.29 is 14.2 Å². The molecule has 3 aromatic carbocycles. The predicted octanol–water partition coefficient (Wildman–Crippen LogP) is 4.47. The van der Waals surface area contributed by atoms with Crippen molar-refractivity contribution in [3.05, 3.63) is 78.4 Å². The predicted molar refractivity (Wildman–Crippen MR) is 117 cm³/mol. The van der Waals surface area contributed by atoms with E-state index in [1.165, 1.54) is 4.68 Å². The molecule has 0 radical (unpaired) electrons. The topological polar surface area (TPSA) is 83.3 Å². The lowest BCUT2D eigenvalue weighted by Crippen LogP contribution is -2.03. The number of tetrazole rings is 1. The Labute approximate surface area is 180 Å². The Morgan fingerprint density at radius 1 is 0.935 bits per heavy atom. The number of para-hydroxylation sites is 1. The highest BCUT2D eigenvalue weighted by Gasteiger charge is 2.14. The molecule has 0 saturated carbocycles. The molecule has 8 heteroatoms. The van der Waals surface area contributed by atoms with Crippen LogP contribution in [0.3, 0.4) is 0 Å². The van der Waals surface area contributed by atoms with E-state index in [1.807, 2.05) is 79.7 Å². The van der Waals surface area contributed by atoms with Crippen LogP contribution in [0.5, 0.6) is 23.3 Å². The van der Waals surface area contributed by atoms with Gasteiger partial charge in [0, 0.05) is 12.2 Å². The summed E-state index contributed by atoms with van der Waals surface area (Å²) in [6, 6.07) is 23.4. The van der Waals surface area contributed by atoms with Crippen molar-refractivity contribution in [1.82, 2.24) is 20.2 Å². The van der Waals surface area contributed by atoms with E-state index in [0.717, 1.165) is 22.7 Å².